The highest BCUT2D eigenvalue weighted by atomic mass is 16.4. The number of rotatable bonds is 5. The van der Waals surface area contributed by atoms with Gasteiger partial charge in [0.15, 0.2) is 0 Å². The number of piperazine rings is 1. The van der Waals surface area contributed by atoms with E-state index in [-0.39, 0.29) is 18.4 Å². The van der Waals surface area contributed by atoms with Crippen molar-refractivity contribution in [3.63, 3.8) is 0 Å². The van der Waals surface area contributed by atoms with Gasteiger partial charge in [-0.15, -0.1) is 0 Å². The van der Waals surface area contributed by atoms with E-state index in [9.17, 15) is 9.59 Å². The van der Waals surface area contributed by atoms with Crippen LogP contribution >= 0.6 is 0 Å². The summed E-state index contributed by atoms with van der Waals surface area (Å²) in [6, 6.07) is 9.78. The third-order valence-corrected chi connectivity index (χ3v) is 3.19. The highest BCUT2D eigenvalue weighted by Crippen LogP contribution is 2.06. The molecule has 1 aliphatic rings. The minimum absolute atomic E-state index is 0.0203. The molecule has 1 aromatic carbocycles. The number of hydrogen-bond acceptors (Lipinski definition) is 3. The van der Waals surface area contributed by atoms with Gasteiger partial charge in [-0.25, -0.2) is 0 Å². The summed E-state index contributed by atoms with van der Waals surface area (Å²) in [6.07, 6.45) is 0.849. The number of benzene rings is 1. The second-order valence-electron chi connectivity index (χ2n) is 4.83. The Morgan fingerprint density at radius 3 is 2.79 bits per heavy atom. The summed E-state index contributed by atoms with van der Waals surface area (Å²) in [7, 11) is 0. The second kappa shape index (κ2) is 6.33. The molecule has 2 N–H and O–H groups in total. The number of hydrogen-bond donors (Lipinski definition) is 2. The van der Waals surface area contributed by atoms with E-state index < -0.39 is 5.97 Å². The molecule has 0 aliphatic carbocycles. The van der Waals surface area contributed by atoms with E-state index in [1.165, 1.54) is 5.56 Å². The van der Waals surface area contributed by atoms with Crippen molar-refractivity contribution in [1.29, 1.82) is 0 Å². The zero-order valence-corrected chi connectivity index (χ0v) is 10.7. The van der Waals surface area contributed by atoms with E-state index >= 15 is 0 Å². The van der Waals surface area contributed by atoms with Gasteiger partial charge in [-0.3, -0.25) is 14.5 Å². The first-order valence-electron chi connectivity index (χ1n) is 6.41. The standard InChI is InChI=1S/C14H18N2O3/c17-13-10-16(9-12(15-13)8-14(18)19)7-6-11-4-2-1-3-5-11/h1-5,12H,6-10H2,(H,15,17)(H,18,19). The predicted molar refractivity (Wildman–Crippen MR) is 70.8 cm³/mol. The van der Waals surface area contributed by atoms with Crippen molar-refractivity contribution in [3.8, 4) is 0 Å². The Bertz CT molecular complexity index is 445. The summed E-state index contributed by atoms with van der Waals surface area (Å²) < 4.78 is 0. The van der Waals surface area contributed by atoms with Crippen LogP contribution in [0.2, 0.25) is 0 Å². The number of carboxylic acids is 1. The zero-order chi connectivity index (χ0) is 13.7. The molecular weight excluding hydrogens is 244 g/mol. The van der Waals surface area contributed by atoms with Gasteiger partial charge in [0.2, 0.25) is 5.91 Å². The smallest absolute Gasteiger partial charge is 0.305 e. The average molecular weight is 262 g/mol. The number of amides is 1. The monoisotopic (exact) mass is 262 g/mol. The maximum Gasteiger partial charge on any atom is 0.305 e. The first-order chi connectivity index (χ1) is 9.13. The molecule has 0 radical (unpaired) electrons. The Labute approximate surface area is 112 Å². The maximum absolute atomic E-state index is 11.5. The molecule has 1 amide bonds. The van der Waals surface area contributed by atoms with Gasteiger partial charge < -0.3 is 10.4 Å². The van der Waals surface area contributed by atoms with Gasteiger partial charge in [-0.05, 0) is 12.0 Å². The van der Waals surface area contributed by atoms with Gasteiger partial charge in [0, 0.05) is 13.1 Å². The van der Waals surface area contributed by atoms with Gasteiger partial charge in [-0.1, -0.05) is 30.3 Å². The molecule has 0 spiro atoms. The van der Waals surface area contributed by atoms with Gasteiger partial charge in [0.1, 0.15) is 0 Å². The first-order valence-corrected chi connectivity index (χ1v) is 6.41. The Kier molecular flexibility index (Phi) is 4.52. The first kappa shape index (κ1) is 13.5. The fourth-order valence-electron chi connectivity index (χ4n) is 2.33. The van der Waals surface area contributed by atoms with Crippen LogP contribution in [0.3, 0.4) is 0 Å². The van der Waals surface area contributed by atoms with E-state index in [1.807, 2.05) is 23.1 Å². The summed E-state index contributed by atoms with van der Waals surface area (Å²) in [5, 5.41) is 11.5. The number of nitrogens with one attached hydrogen (secondary N) is 1. The van der Waals surface area contributed by atoms with Crippen molar-refractivity contribution >= 4 is 11.9 Å². The molecule has 1 heterocycles. The summed E-state index contributed by atoms with van der Waals surface area (Å²) in [6.45, 7) is 1.72. The lowest BCUT2D eigenvalue weighted by molar-refractivity contribution is -0.138. The minimum Gasteiger partial charge on any atom is -0.481 e. The summed E-state index contributed by atoms with van der Waals surface area (Å²) >= 11 is 0. The zero-order valence-electron chi connectivity index (χ0n) is 10.7. The molecule has 5 nitrogen and oxygen atoms in total. The topological polar surface area (TPSA) is 69.6 Å². The summed E-state index contributed by atoms with van der Waals surface area (Å²) in [4.78, 5) is 24.2. The molecule has 1 saturated heterocycles. The van der Waals surface area contributed by atoms with Crippen LogP contribution in [0.5, 0.6) is 0 Å². The Hall–Kier alpha value is -1.88. The third kappa shape index (κ3) is 4.37. The summed E-state index contributed by atoms with van der Waals surface area (Å²) in [5.41, 5.74) is 1.23. The van der Waals surface area contributed by atoms with Crippen molar-refractivity contribution < 1.29 is 14.7 Å². The number of carbonyl (C=O) groups is 2. The van der Waals surface area contributed by atoms with Crippen molar-refractivity contribution in [2.45, 2.75) is 18.9 Å². The van der Waals surface area contributed by atoms with Crippen LogP contribution in [0.15, 0.2) is 30.3 Å². The van der Waals surface area contributed by atoms with E-state index in [0.717, 1.165) is 13.0 Å². The molecular formula is C14H18N2O3. The predicted octanol–water partition coefficient (Wildman–Crippen LogP) is 0.504. The number of carboxylic acid groups (broad SMARTS) is 1. The average Bonchev–Trinajstić information content (AvgIpc) is 2.36. The van der Waals surface area contributed by atoms with Crippen molar-refractivity contribution in [1.82, 2.24) is 10.2 Å². The van der Waals surface area contributed by atoms with Crippen molar-refractivity contribution in [3.05, 3.63) is 35.9 Å². The number of carbonyl (C=O) groups excluding carboxylic acids is 1. The van der Waals surface area contributed by atoms with Crippen LogP contribution in [0.4, 0.5) is 0 Å². The lowest BCUT2D eigenvalue weighted by Crippen LogP contribution is -2.55. The highest BCUT2D eigenvalue weighted by molar-refractivity contribution is 5.80. The third-order valence-electron chi connectivity index (χ3n) is 3.19. The van der Waals surface area contributed by atoms with Gasteiger partial charge in [-0.2, -0.15) is 0 Å². The fourth-order valence-corrected chi connectivity index (χ4v) is 2.33. The molecule has 19 heavy (non-hydrogen) atoms. The van der Waals surface area contributed by atoms with Gasteiger partial charge in [0.05, 0.1) is 19.0 Å². The quantitative estimate of drug-likeness (QED) is 0.811. The normalized spacial score (nSPS) is 20.0. The Balaban J connectivity index is 1.85. The molecule has 1 fully saturated rings. The summed E-state index contributed by atoms with van der Waals surface area (Å²) in [5.74, 6) is -0.972. The van der Waals surface area contributed by atoms with Crippen LogP contribution in [0.25, 0.3) is 0 Å². The second-order valence-corrected chi connectivity index (χ2v) is 4.83. The highest BCUT2D eigenvalue weighted by Gasteiger charge is 2.25. The van der Waals surface area contributed by atoms with Crippen LogP contribution in [-0.4, -0.2) is 47.6 Å². The van der Waals surface area contributed by atoms with E-state index in [0.29, 0.717) is 13.1 Å². The Morgan fingerprint density at radius 2 is 2.11 bits per heavy atom. The van der Waals surface area contributed by atoms with Crippen molar-refractivity contribution in [2.75, 3.05) is 19.6 Å². The lowest BCUT2D eigenvalue weighted by atomic mass is 10.1. The molecule has 5 heteroatoms. The molecule has 1 aliphatic heterocycles. The molecule has 1 unspecified atom stereocenters. The molecule has 0 saturated carbocycles. The van der Waals surface area contributed by atoms with E-state index in [1.54, 1.807) is 0 Å². The van der Waals surface area contributed by atoms with Crippen LogP contribution in [-0.2, 0) is 16.0 Å². The van der Waals surface area contributed by atoms with Gasteiger partial charge in [0.25, 0.3) is 0 Å². The molecule has 2 rings (SSSR count). The number of aliphatic carboxylic acids is 1. The van der Waals surface area contributed by atoms with Crippen LogP contribution < -0.4 is 5.32 Å². The molecule has 0 bridgehead atoms. The Morgan fingerprint density at radius 1 is 1.37 bits per heavy atom. The molecule has 1 atom stereocenters. The van der Waals surface area contributed by atoms with Gasteiger partial charge >= 0.3 is 5.97 Å². The maximum atomic E-state index is 11.5. The van der Waals surface area contributed by atoms with Crippen LogP contribution in [0, 0.1) is 0 Å². The van der Waals surface area contributed by atoms with Crippen LogP contribution in [0.1, 0.15) is 12.0 Å². The van der Waals surface area contributed by atoms with Crippen molar-refractivity contribution in [2.24, 2.45) is 0 Å². The largest absolute Gasteiger partial charge is 0.481 e. The van der Waals surface area contributed by atoms with E-state index in [2.05, 4.69) is 17.4 Å². The SMILES string of the molecule is O=C(O)CC1CN(CCc2ccccc2)CC(=O)N1. The molecule has 0 aromatic heterocycles. The molecule has 1 aromatic rings. The lowest BCUT2D eigenvalue weighted by Gasteiger charge is -2.32. The minimum atomic E-state index is -0.879. The molecule has 102 valence electrons. The fraction of sp³-hybridized carbons (Fsp3) is 0.429. The van der Waals surface area contributed by atoms with E-state index in [4.69, 9.17) is 5.11 Å². The number of nitrogens with zero attached hydrogens (tertiary/aromatic N) is 1.